The fourth-order valence-corrected chi connectivity index (χ4v) is 5.11. The Balaban J connectivity index is 1.83. The Labute approximate surface area is 74.3 Å². The highest BCUT2D eigenvalue weighted by Gasteiger charge is 2.67. The van der Waals surface area contributed by atoms with Gasteiger partial charge in [0.1, 0.15) is 0 Å². The van der Waals surface area contributed by atoms with Crippen molar-refractivity contribution in [2.75, 3.05) is 6.54 Å². The molecule has 3 unspecified atom stereocenters. The van der Waals surface area contributed by atoms with Gasteiger partial charge in [-0.15, -0.1) is 0 Å². The van der Waals surface area contributed by atoms with E-state index >= 15 is 0 Å². The first-order valence-electron chi connectivity index (χ1n) is 5.77. The maximum absolute atomic E-state index is 1.64. The summed E-state index contributed by atoms with van der Waals surface area (Å²) in [4.78, 5) is 0. The molecule has 0 aromatic rings. The van der Waals surface area contributed by atoms with E-state index in [0.29, 0.717) is 0 Å². The minimum absolute atomic E-state index is 1.14. The molecule has 0 aliphatic carbocycles. The SMILES string of the molecule is C1C[C@@H]2C[C@@H]3CCC4CC1[N+]43C2. The van der Waals surface area contributed by atoms with Crippen molar-refractivity contribution in [2.24, 2.45) is 5.92 Å². The zero-order valence-electron chi connectivity index (χ0n) is 7.71. The van der Waals surface area contributed by atoms with E-state index in [1.165, 1.54) is 0 Å². The summed E-state index contributed by atoms with van der Waals surface area (Å²) < 4.78 is 1.64. The van der Waals surface area contributed by atoms with Crippen molar-refractivity contribution in [2.45, 2.75) is 56.7 Å². The Morgan fingerprint density at radius 3 is 2.25 bits per heavy atom. The van der Waals surface area contributed by atoms with E-state index < -0.39 is 0 Å². The predicted molar refractivity (Wildman–Crippen MR) is 47.7 cm³/mol. The van der Waals surface area contributed by atoms with Crippen LogP contribution in [-0.4, -0.2) is 29.2 Å². The largest absolute Gasteiger partial charge is 0.316 e. The van der Waals surface area contributed by atoms with Crippen molar-refractivity contribution >= 4 is 0 Å². The van der Waals surface area contributed by atoms with Gasteiger partial charge in [-0.25, -0.2) is 0 Å². The van der Waals surface area contributed by atoms with Crippen LogP contribution < -0.4 is 0 Å². The molecule has 12 heavy (non-hydrogen) atoms. The van der Waals surface area contributed by atoms with E-state index in [-0.39, 0.29) is 0 Å². The van der Waals surface area contributed by atoms with Crippen LogP contribution in [0.1, 0.15) is 38.5 Å². The van der Waals surface area contributed by atoms with E-state index in [9.17, 15) is 0 Å². The topological polar surface area (TPSA) is 0 Å². The number of nitrogens with zero attached hydrogens (tertiary/aromatic N) is 1. The zero-order chi connectivity index (χ0) is 7.76. The smallest absolute Gasteiger partial charge is 0.0954 e. The lowest BCUT2D eigenvalue weighted by molar-refractivity contribution is -1.02. The standard InChI is InChI=1S/C11H18N/c1-2-10-6-11-4-3-9-5-8(1)7-12(9,10)11/h8-11H,1-7H2/q+1/t8-,9+,10?,11?,12?/m1/s1. The van der Waals surface area contributed by atoms with Crippen LogP contribution in [0.3, 0.4) is 0 Å². The van der Waals surface area contributed by atoms with Crippen LogP contribution in [0.5, 0.6) is 0 Å². The highest BCUT2D eigenvalue weighted by atomic mass is 15.5. The Bertz CT molecular complexity index is 235. The lowest BCUT2D eigenvalue weighted by Gasteiger charge is -2.57. The van der Waals surface area contributed by atoms with Gasteiger partial charge in [0.25, 0.3) is 0 Å². The maximum Gasteiger partial charge on any atom is 0.0954 e. The van der Waals surface area contributed by atoms with Crippen LogP contribution in [0.2, 0.25) is 0 Å². The average molecular weight is 164 g/mol. The molecule has 0 N–H and O–H groups in total. The monoisotopic (exact) mass is 164 g/mol. The van der Waals surface area contributed by atoms with E-state index in [4.69, 9.17) is 0 Å². The molecule has 66 valence electrons. The molecular weight excluding hydrogens is 146 g/mol. The summed E-state index contributed by atoms with van der Waals surface area (Å²) in [7, 11) is 0. The molecule has 0 aromatic carbocycles. The molecule has 0 amide bonds. The first kappa shape index (κ1) is 6.42. The van der Waals surface area contributed by atoms with Crippen LogP contribution in [0, 0.1) is 5.92 Å². The minimum Gasteiger partial charge on any atom is -0.316 e. The van der Waals surface area contributed by atoms with Crippen LogP contribution in [0.15, 0.2) is 0 Å². The third-order valence-corrected chi connectivity index (χ3v) is 5.50. The third kappa shape index (κ3) is 0.477. The van der Waals surface area contributed by atoms with Crippen molar-refractivity contribution in [3.63, 3.8) is 0 Å². The van der Waals surface area contributed by atoms with Gasteiger partial charge in [-0.2, -0.15) is 0 Å². The van der Waals surface area contributed by atoms with Gasteiger partial charge in [0.2, 0.25) is 0 Å². The number of rotatable bonds is 0. The summed E-state index contributed by atoms with van der Waals surface area (Å²) in [6.45, 7) is 1.60. The van der Waals surface area contributed by atoms with Crippen LogP contribution in [0.4, 0.5) is 0 Å². The normalized spacial score (nSPS) is 66.0. The first-order chi connectivity index (χ1) is 5.89. The van der Waals surface area contributed by atoms with Crippen molar-refractivity contribution < 1.29 is 4.48 Å². The molecule has 4 aliphatic heterocycles. The molecule has 5 atom stereocenters. The van der Waals surface area contributed by atoms with Crippen LogP contribution in [0.25, 0.3) is 0 Å². The lowest BCUT2D eigenvalue weighted by atomic mass is 9.81. The number of quaternary nitrogens is 1. The van der Waals surface area contributed by atoms with Gasteiger partial charge in [-0.3, -0.25) is 0 Å². The fourth-order valence-electron chi connectivity index (χ4n) is 5.11. The molecule has 1 spiro atoms. The van der Waals surface area contributed by atoms with Gasteiger partial charge in [-0.05, 0) is 6.42 Å². The van der Waals surface area contributed by atoms with E-state index in [1.807, 2.05) is 0 Å². The molecule has 4 saturated heterocycles. The van der Waals surface area contributed by atoms with Gasteiger partial charge in [0.15, 0.2) is 0 Å². The van der Waals surface area contributed by atoms with E-state index in [0.717, 1.165) is 24.0 Å². The van der Waals surface area contributed by atoms with E-state index in [2.05, 4.69) is 0 Å². The molecular formula is C11H18N+. The summed E-state index contributed by atoms with van der Waals surface area (Å²) in [6, 6.07) is 3.42. The Morgan fingerprint density at radius 2 is 1.42 bits per heavy atom. The van der Waals surface area contributed by atoms with Crippen molar-refractivity contribution in [3.8, 4) is 0 Å². The zero-order valence-corrected chi connectivity index (χ0v) is 7.71. The van der Waals surface area contributed by atoms with Gasteiger partial charge in [0.05, 0.1) is 31.1 Å². The summed E-state index contributed by atoms with van der Waals surface area (Å²) in [6.07, 6.45) is 9.52. The lowest BCUT2D eigenvalue weighted by Crippen LogP contribution is -2.70. The summed E-state index contributed by atoms with van der Waals surface area (Å²) in [5.41, 5.74) is 0. The van der Waals surface area contributed by atoms with Crippen molar-refractivity contribution in [1.29, 1.82) is 0 Å². The molecule has 1 heteroatoms. The summed E-state index contributed by atoms with van der Waals surface area (Å²) in [5.74, 6) is 1.15. The molecule has 4 heterocycles. The van der Waals surface area contributed by atoms with Gasteiger partial charge in [0, 0.05) is 31.6 Å². The predicted octanol–water partition coefficient (Wildman–Crippen LogP) is 1.92. The second kappa shape index (κ2) is 1.75. The molecule has 0 aromatic heterocycles. The highest BCUT2D eigenvalue weighted by molar-refractivity contribution is 4.98. The average Bonchev–Trinajstić information content (AvgIpc) is 2.49. The number of piperidine rings is 1. The Kier molecular flexibility index (Phi) is 0.934. The van der Waals surface area contributed by atoms with Crippen molar-refractivity contribution in [3.05, 3.63) is 0 Å². The molecule has 0 saturated carbocycles. The Hall–Kier alpha value is -0.0400. The highest BCUT2D eigenvalue weighted by Crippen LogP contribution is 2.58. The second-order valence-electron chi connectivity index (χ2n) is 5.63. The summed E-state index contributed by atoms with van der Waals surface area (Å²) in [5, 5.41) is 0. The molecule has 4 aliphatic rings. The summed E-state index contributed by atoms with van der Waals surface area (Å²) >= 11 is 0. The molecule has 4 rings (SSSR count). The maximum atomic E-state index is 1.64. The van der Waals surface area contributed by atoms with Gasteiger partial charge in [-0.1, -0.05) is 0 Å². The van der Waals surface area contributed by atoms with Gasteiger partial charge >= 0.3 is 0 Å². The molecule has 0 radical (unpaired) electrons. The third-order valence-electron chi connectivity index (χ3n) is 5.50. The molecule has 2 bridgehead atoms. The number of hydrogen-bond acceptors (Lipinski definition) is 0. The Morgan fingerprint density at radius 1 is 0.750 bits per heavy atom. The number of fused-ring (bicyclic) bond motifs is 1. The minimum atomic E-state index is 1.14. The van der Waals surface area contributed by atoms with Crippen molar-refractivity contribution in [1.82, 2.24) is 0 Å². The molecule has 4 fully saturated rings. The van der Waals surface area contributed by atoms with E-state index in [1.54, 1.807) is 49.6 Å². The van der Waals surface area contributed by atoms with Crippen LogP contribution >= 0.6 is 0 Å². The fraction of sp³-hybridized carbons (Fsp3) is 1.00. The quantitative estimate of drug-likeness (QED) is 0.480. The van der Waals surface area contributed by atoms with Crippen LogP contribution in [-0.2, 0) is 0 Å². The first-order valence-corrected chi connectivity index (χ1v) is 5.77. The van der Waals surface area contributed by atoms with Gasteiger partial charge < -0.3 is 4.48 Å². The molecule has 1 nitrogen and oxygen atoms in total. The number of hydrogen-bond donors (Lipinski definition) is 0. The second-order valence-corrected chi connectivity index (χ2v) is 5.63.